The Hall–Kier alpha value is -1.79. The quantitative estimate of drug-likeness (QED) is 0.836. The number of pyridine rings is 1. The summed E-state index contributed by atoms with van der Waals surface area (Å²) < 4.78 is 0. The molecule has 0 spiro atoms. The lowest BCUT2D eigenvalue weighted by Gasteiger charge is -2.00. The minimum absolute atomic E-state index is 0.0249. The molecule has 0 fully saturated rings. The molecule has 0 aliphatic heterocycles. The molecule has 0 atom stereocenters. The molecule has 0 saturated heterocycles. The number of thiazole rings is 1. The second-order valence-corrected chi connectivity index (χ2v) is 4.59. The van der Waals surface area contributed by atoms with Crippen molar-refractivity contribution in [3.8, 4) is 11.4 Å². The minimum atomic E-state index is -0.142. The smallest absolute Gasteiger partial charge is 0.233 e. The first-order valence-electron chi connectivity index (χ1n) is 5.62. The molecule has 0 aliphatic carbocycles. The third-order valence-electron chi connectivity index (χ3n) is 2.33. The van der Waals surface area contributed by atoms with Gasteiger partial charge in [0.1, 0.15) is 0 Å². The lowest BCUT2D eigenvalue weighted by atomic mass is 10.3. The second-order valence-electron chi connectivity index (χ2n) is 3.65. The maximum atomic E-state index is 11.0. The summed E-state index contributed by atoms with van der Waals surface area (Å²) in [5.41, 5.74) is 6.94. The first kappa shape index (κ1) is 12.7. The Morgan fingerprint density at radius 2 is 2.28 bits per heavy atom. The molecule has 0 saturated carbocycles. The van der Waals surface area contributed by atoms with E-state index in [0.29, 0.717) is 13.0 Å². The van der Waals surface area contributed by atoms with Gasteiger partial charge in [-0.05, 0) is 12.1 Å². The van der Waals surface area contributed by atoms with Gasteiger partial charge in [0.2, 0.25) is 5.91 Å². The highest BCUT2D eigenvalue weighted by Crippen LogP contribution is 2.19. The van der Waals surface area contributed by atoms with Gasteiger partial charge in [0.15, 0.2) is 0 Å². The van der Waals surface area contributed by atoms with Crippen molar-refractivity contribution in [2.45, 2.75) is 6.42 Å². The summed E-state index contributed by atoms with van der Waals surface area (Å²) >= 11 is 1.57. The Balaban J connectivity index is 1.93. The summed E-state index contributed by atoms with van der Waals surface area (Å²) in [4.78, 5) is 19.7. The summed E-state index contributed by atoms with van der Waals surface area (Å²) in [6.07, 6.45) is 2.46. The number of amides is 1. The van der Waals surface area contributed by atoms with E-state index >= 15 is 0 Å². The molecular weight excluding hydrogens is 248 g/mol. The summed E-state index contributed by atoms with van der Waals surface area (Å²) in [5, 5.41) is 5.67. The Morgan fingerprint density at radius 3 is 3.00 bits per heavy atom. The molecule has 0 aliphatic rings. The molecule has 0 unspecified atom stereocenters. The van der Waals surface area contributed by atoms with Crippen LogP contribution in [0.3, 0.4) is 0 Å². The van der Waals surface area contributed by atoms with Crippen LogP contribution in [0.1, 0.15) is 5.01 Å². The number of nitrogens with two attached hydrogens (primary N) is 1. The summed E-state index contributed by atoms with van der Waals surface area (Å²) in [6.45, 7) is 0.586. The molecule has 0 radical (unpaired) electrons. The van der Waals surface area contributed by atoms with Crippen molar-refractivity contribution in [3.63, 3.8) is 0 Å². The lowest BCUT2D eigenvalue weighted by molar-refractivity contribution is -0.119. The number of nitrogens with zero attached hydrogens (tertiary/aromatic N) is 2. The number of hydrogen-bond acceptors (Lipinski definition) is 5. The Labute approximate surface area is 109 Å². The van der Waals surface area contributed by atoms with E-state index in [1.807, 2.05) is 23.6 Å². The molecule has 2 aromatic rings. The van der Waals surface area contributed by atoms with Crippen LogP contribution in [0.4, 0.5) is 0 Å². The molecule has 2 aromatic heterocycles. The number of carbonyl (C=O) groups is 1. The Kier molecular flexibility index (Phi) is 4.38. The first-order valence-corrected chi connectivity index (χ1v) is 6.50. The van der Waals surface area contributed by atoms with Gasteiger partial charge in [-0.1, -0.05) is 6.07 Å². The molecule has 6 heteroatoms. The van der Waals surface area contributed by atoms with Crippen LogP contribution in [0.25, 0.3) is 11.4 Å². The van der Waals surface area contributed by atoms with Crippen molar-refractivity contribution >= 4 is 17.2 Å². The largest absolute Gasteiger partial charge is 0.355 e. The normalized spacial score (nSPS) is 10.3. The highest BCUT2D eigenvalue weighted by Gasteiger charge is 2.05. The van der Waals surface area contributed by atoms with Crippen molar-refractivity contribution < 1.29 is 4.79 Å². The van der Waals surface area contributed by atoms with Crippen LogP contribution >= 0.6 is 11.3 Å². The molecule has 3 N–H and O–H groups in total. The van der Waals surface area contributed by atoms with Gasteiger partial charge in [-0.15, -0.1) is 11.3 Å². The van der Waals surface area contributed by atoms with Gasteiger partial charge in [-0.2, -0.15) is 0 Å². The maximum Gasteiger partial charge on any atom is 0.233 e. The van der Waals surface area contributed by atoms with Gasteiger partial charge in [0.05, 0.1) is 22.9 Å². The van der Waals surface area contributed by atoms with E-state index in [0.717, 1.165) is 16.4 Å². The van der Waals surface area contributed by atoms with Crippen LogP contribution in [-0.2, 0) is 11.2 Å². The van der Waals surface area contributed by atoms with E-state index in [-0.39, 0.29) is 12.5 Å². The Morgan fingerprint density at radius 1 is 1.39 bits per heavy atom. The van der Waals surface area contributed by atoms with Crippen molar-refractivity contribution in [1.29, 1.82) is 0 Å². The highest BCUT2D eigenvalue weighted by molar-refractivity contribution is 7.09. The molecule has 18 heavy (non-hydrogen) atoms. The maximum absolute atomic E-state index is 11.0. The lowest BCUT2D eigenvalue weighted by Crippen LogP contribution is -2.31. The van der Waals surface area contributed by atoms with E-state index in [9.17, 15) is 4.79 Å². The van der Waals surface area contributed by atoms with Crippen molar-refractivity contribution in [2.75, 3.05) is 13.1 Å². The van der Waals surface area contributed by atoms with Gasteiger partial charge in [-0.25, -0.2) is 4.98 Å². The summed E-state index contributed by atoms with van der Waals surface area (Å²) in [6, 6.07) is 5.73. The predicted octanol–water partition coefficient (Wildman–Crippen LogP) is 0.822. The van der Waals surface area contributed by atoms with Crippen molar-refractivity contribution in [3.05, 3.63) is 34.8 Å². The van der Waals surface area contributed by atoms with Crippen molar-refractivity contribution in [1.82, 2.24) is 15.3 Å². The standard InChI is InChI=1S/C12H14N4OS/c13-7-11(17)15-6-4-12-16-10(8-18-12)9-3-1-2-5-14-9/h1-3,5,8H,4,6-7,13H2,(H,15,17). The number of carbonyl (C=O) groups excluding carboxylic acids is 1. The predicted molar refractivity (Wildman–Crippen MR) is 71.1 cm³/mol. The SMILES string of the molecule is NCC(=O)NCCc1nc(-c2ccccn2)cs1. The van der Waals surface area contributed by atoms with E-state index in [2.05, 4.69) is 15.3 Å². The van der Waals surface area contributed by atoms with Gasteiger partial charge in [0, 0.05) is 24.5 Å². The third kappa shape index (κ3) is 3.35. The average Bonchev–Trinajstić information content (AvgIpc) is 2.88. The number of aromatic nitrogens is 2. The van der Waals surface area contributed by atoms with Crippen LogP contribution in [0.5, 0.6) is 0 Å². The summed E-state index contributed by atoms with van der Waals surface area (Å²) in [7, 11) is 0. The van der Waals surface area contributed by atoms with Crippen LogP contribution in [-0.4, -0.2) is 29.0 Å². The molecule has 0 aromatic carbocycles. The molecule has 0 bridgehead atoms. The number of hydrogen-bond donors (Lipinski definition) is 2. The fourth-order valence-electron chi connectivity index (χ4n) is 1.44. The van der Waals surface area contributed by atoms with Gasteiger partial charge in [0.25, 0.3) is 0 Å². The highest BCUT2D eigenvalue weighted by atomic mass is 32.1. The fourth-order valence-corrected chi connectivity index (χ4v) is 2.23. The molecule has 1 amide bonds. The van der Waals surface area contributed by atoms with Gasteiger partial charge < -0.3 is 11.1 Å². The molecule has 2 rings (SSSR count). The zero-order valence-electron chi connectivity index (χ0n) is 9.80. The van der Waals surface area contributed by atoms with Crippen LogP contribution in [0.15, 0.2) is 29.8 Å². The monoisotopic (exact) mass is 262 g/mol. The van der Waals surface area contributed by atoms with Crippen molar-refractivity contribution in [2.24, 2.45) is 5.73 Å². The van der Waals surface area contributed by atoms with E-state index < -0.39 is 0 Å². The summed E-state index contributed by atoms with van der Waals surface area (Å²) in [5.74, 6) is -0.142. The zero-order valence-corrected chi connectivity index (χ0v) is 10.6. The third-order valence-corrected chi connectivity index (χ3v) is 3.23. The van der Waals surface area contributed by atoms with Gasteiger partial charge in [-0.3, -0.25) is 9.78 Å². The van der Waals surface area contributed by atoms with E-state index in [1.165, 1.54) is 0 Å². The van der Waals surface area contributed by atoms with E-state index in [4.69, 9.17) is 5.73 Å². The average molecular weight is 262 g/mol. The fraction of sp³-hybridized carbons (Fsp3) is 0.250. The molecule has 94 valence electrons. The van der Waals surface area contributed by atoms with Gasteiger partial charge >= 0.3 is 0 Å². The second kappa shape index (κ2) is 6.23. The molecule has 5 nitrogen and oxygen atoms in total. The molecule has 2 heterocycles. The topological polar surface area (TPSA) is 80.9 Å². The number of rotatable bonds is 5. The van der Waals surface area contributed by atoms with E-state index in [1.54, 1.807) is 17.5 Å². The Bertz CT molecular complexity index is 512. The first-order chi connectivity index (χ1) is 8.79. The zero-order chi connectivity index (χ0) is 12.8. The number of nitrogens with one attached hydrogen (secondary N) is 1. The minimum Gasteiger partial charge on any atom is -0.355 e. The molecular formula is C12H14N4OS. The van der Waals surface area contributed by atoms with Crippen LogP contribution < -0.4 is 11.1 Å². The van der Waals surface area contributed by atoms with Crippen LogP contribution in [0, 0.1) is 0 Å². The van der Waals surface area contributed by atoms with Crippen LogP contribution in [0.2, 0.25) is 0 Å².